The van der Waals surface area contributed by atoms with Crippen molar-refractivity contribution in [3.8, 4) is 11.4 Å². The molecule has 0 N–H and O–H groups in total. The predicted octanol–water partition coefficient (Wildman–Crippen LogP) is 9.52. The smallest absolute Gasteiger partial charge is 0.153 e. The SMILES string of the molecule is C[Si](C)(C)n1c2ccccc2c2c3c(ccc21)c1c(c2ccccc2n1-c1ccccc1)n3-c1ccccc1. The Hall–Kier alpha value is -4.54. The van der Waals surface area contributed by atoms with Crippen LogP contribution in [0.5, 0.6) is 0 Å². The lowest BCUT2D eigenvalue weighted by atomic mass is 10.1. The van der Waals surface area contributed by atoms with Crippen molar-refractivity contribution in [2.24, 2.45) is 0 Å². The van der Waals surface area contributed by atoms with E-state index in [1.54, 1.807) is 0 Å². The number of rotatable bonds is 3. The fraction of sp³-hybridized carbons (Fsp3) is 0.0857. The topological polar surface area (TPSA) is 14.8 Å². The Bertz CT molecular complexity index is 2190. The highest BCUT2D eigenvalue weighted by Crippen LogP contribution is 2.45. The molecule has 0 aliphatic carbocycles. The molecule has 0 unspecified atom stereocenters. The lowest BCUT2D eigenvalue weighted by molar-refractivity contribution is 1.18. The van der Waals surface area contributed by atoms with Crippen LogP contribution in [0.2, 0.25) is 19.6 Å². The van der Waals surface area contributed by atoms with Crippen LogP contribution in [0.3, 0.4) is 0 Å². The molecule has 8 aromatic rings. The molecule has 4 heteroatoms. The molecule has 0 fully saturated rings. The Balaban J connectivity index is 1.71. The Kier molecular flexibility index (Phi) is 4.59. The predicted molar refractivity (Wildman–Crippen MR) is 169 cm³/mol. The van der Waals surface area contributed by atoms with Gasteiger partial charge in [0.1, 0.15) is 0 Å². The van der Waals surface area contributed by atoms with Gasteiger partial charge in [0.25, 0.3) is 0 Å². The van der Waals surface area contributed by atoms with E-state index < -0.39 is 8.24 Å². The zero-order valence-corrected chi connectivity index (χ0v) is 23.4. The zero-order chi connectivity index (χ0) is 26.3. The Morgan fingerprint density at radius 3 is 1.62 bits per heavy atom. The highest BCUT2D eigenvalue weighted by Gasteiger charge is 2.28. The monoisotopic (exact) mass is 519 g/mol. The van der Waals surface area contributed by atoms with Crippen molar-refractivity contribution in [3.63, 3.8) is 0 Å². The molecule has 5 aromatic carbocycles. The van der Waals surface area contributed by atoms with E-state index in [0.29, 0.717) is 0 Å². The van der Waals surface area contributed by atoms with E-state index in [0.717, 1.165) is 0 Å². The highest BCUT2D eigenvalue weighted by atomic mass is 28.3. The van der Waals surface area contributed by atoms with Gasteiger partial charge in [-0.15, -0.1) is 0 Å². The van der Waals surface area contributed by atoms with Crippen LogP contribution < -0.4 is 0 Å². The minimum absolute atomic E-state index is 1.18. The van der Waals surface area contributed by atoms with Gasteiger partial charge in [-0.3, -0.25) is 0 Å². The molecule has 0 saturated carbocycles. The van der Waals surface area contributed by atoms with Gasteiger partial charge in [0.05, 0.1) is 22.1 Å². The van der Waals surface area contributed by atoms with E-state index in [2.05, 4.69) is 154 Å². The molecule has 0 saturated heterocycles. The number of hydrogen-bond acceptors (Lipinski definition) is 0. The third-order valence-corrected chi connectivity index (χ3v) is 9.88. The summed E-state index contributed by atoms with van der Waals surface area (Å²) in [5.74, 6) is 0. The van der Waals surface area contributed by atoms with Crippen LogP contribution in [0.1, 0.15) is 0 Å². The molecule has 3 aromatic heterocycles. The van der Waals surface area contributed by atoms with Crippen molar-refractivity contribution in [1.29, 1.82) is 0 Å². The van der Waals surface area contributed by atoms with Gasteiger partial charge in [-0.2, -0.15) is 0 Å². The summed E-state index contributed by atoms with van der Waals surface area (Å²) in [6, 6.07) is 44.2. The molecule has 3 nitrogen and oxygen atoms in total. The van der Waals surface area contributed by atoms with E-state index in [-0.39, 0.29) is 0 Å². The molecular weight excluding hydrogens is 490 g/mol. The Morgan fingerprint density at radius 1 is 0.410 bits per heavy atom. The van der Waals surface area contributed by atoms with Gasteiger partial charge in [-0.1, -0.05) is 92.4 Å². The minimum Gasteiger partial charge on any atom is -0.368 e. The van der Waals surface area contributed by atoms with Crippen LogP contribution in [-0.2, 0) is 0 Å². The first-order chi connectivity index (χ1) is 19.0. The average molecular weight is 520 g/mol. The number of benzene rings is 5. The van der Waals surface area contributed by atoms with Gasteiger partial charge in [0, 0.05) is 44.0 Å². The fourth-order valence-corrected chi connectivity index (χ4v) is 8.50. The van der Waals surface area contributed by atoms with Gasteiger partial charge in [0.2, 0.25) is 0 Å². The summed E-state index contributed by atoms with van der Waals surface area (Å²) in [7, 11) is -1.72. The van der Waals surface area contributed by atoms with Crippen molar-refractivity contribution >= 4 is 62.9 Å². The molecule has 0 radical (unpaired) electrons. The van der Waals surface area contributed by atoms with Crippen molar-refractivity contribution in [2.45, 2.75) is 19.6 Å². The molecule has 3 heterocycles. The van der Waals surface area contributed by atoms with Crippen LogP contribution >= 0.6 is 0 Å². The fourth-order valence-electron chi connectivity index (χ4n) is 6.68. The summed E-state index contributed by atoms with van der Waals surface area (Å²) >= 11 is 0. The van der Waals surface area contributed by atoms with Gasteiger partial charge >= 0.3 is 0 Å². The van der Waals surface area contributed by atoms with Crippen molar-refractivity contribution in [3.05, 3.63) is 121 Å². The van der Waals surface area contributed by atoms with Gasteiger partial charge in [-0.25, -0.2) is 0 Å². The molecule has 0 atom stereocenters. The second kappa shape index (κ2) is 7.98. The summed E-state index contributed by atoms with van der Waals surface area (Å²) in [5, 5.41) is 5.21. The maximum absolute atomic E-state index is 2.65. The van der Waals surface area contributed by atoms with E-state index in [4.69, 9.17) is 0 Å². The summed E-state index contributed by atoms with van der Waals surface area (Å²) in [6.07, 6.45) is 0. The van der Waals surface area contributed by atoms with E-state index >= 15 is 0 Å². The molecule has 0 aliphatic heterocycles. The number of hydrogen-bond donors (Lipinski definition) is 0. The molecule has 188 valence electrons. The highest BCUT2D eigenvalue weighted by molar-refractivity contribution is 6.76. The Morgan fingerprint density at radius 2 is 0.949 bits per heavy atom. The van der Waals surface area contributed by atoms with Crippen molar-refractivity contribution < 1.29 is 0 Å². The molecule has 39 heavy (non-hydrogen) atoms. The average Bonchev–Trinajstić information content (AvgIpc) is 3.59. The number of fused-ring (bicyclic) bond motifs is 9. The van der Waals surface area contributed by atoms with E-state index in [1.807, 2.05) is 0 Å². The van der Waals surface area contributed by atoms with Crippen LogP contribution in [0.15, 0.2) is 121 Å². The lowest BCUT2D eigenvalue weighted by Crippen LogP contribution is -2.31. The summed E-state index contributed by atoms with van der Waals surface area (Å²) < 4.78 is 7.62. The first-order valence-electron chi connectivity index (χ1n) is 13.6. The van der Waals surface area contributed by atoms with Crippen LogP contribution in [0.25, 0.3) is 66.0 Å². The van der Waals surface area contributed by atoms with Crippen LogP contribution in [0.4, 0.5) is 0 Å². The normalized spacial score (nSPS) is 12.5. The van der Waals surface area contributed by atoms with E-state index in [1.165, 1.54) is 66.0 Å². The maximum atomic E-state index is 2.65. The van der Waals surface area contributed by atoms with Crippen molar-refractivity contribution in [1.82, 2.24) is 13.4 Å². The lowest BCUT2D eigenvalue weighted by Gasteiger charge is -2.22. The van der Waals surface area contributed by atoms with Gasteiger partial charge < -0.3 is 13.4 Å². The quantitative estimate of drug-likeness (QED) is 0.206. The number of nitrogens with zero attached hydrogens (tertiary/aromatic N) is 3. The van der Waals surface area contributed by atoms with Crippen LogP contribution in [-0.4, -0.2) is 21.6 Å². The Labute approximate surface area is 228 Å². The van der Waals surface area contributed by atoms with Crippen molar-refractivity contribution in [2.75, 3.05) is 0 Å². The largest absolute Gasteiger partial charge is 0.368 e. The molecule has 0 aliphatic rings. The number of para-hydroxylation sites is 4. The summed E-state index contributed by atoms with van der Waals surface area (Å²) in [5.41, 5.74) is 10.1. The molecule has 0 spiro atoms. The summed E-state index contributed by atoms with van der Waals surface area (Å²) in [6.45, 7) is 7.31. The van der Waals surface area contributed by atoms with E-state index in [9.17, 15) is 0 Å². The summed E-state index contributed by atoms with van der Waals surface area (Å²) in [4.78, 5) is 0. The third-order valence-electron chi connectivity index (χ3n) is 8.06. The third kappa shape index (κ3) is 3.03. The first-order valence-corrected chi connectivity index (χ1v) is 17.1. The van der Waals surface area contributed by atoms with Gasteiger partial charge in [0.15, 0.2) is 8.24 Å². The second-order valence-corrected chi connectivity index (χ2v) is 16.2. The maximum Gasteiger partial charge on any atom is 0.153 e. The molecular formula is C35H29N3Si. The minimum atomic E-state index is -1.72. The van der Waals surface area contributed by atoms with Crippen LogP contribution in [0, 0.1) is 0 Å². The second-order valence-electron chi connectivity index (χ2n) is 11.4. The standard InChI is InChI=1S/C35H29N3Si/c1-39(2,3)38-30-21-13-10-18-26(30)32-31(38)23-22-28-33(32)37(25-16-8-5-9-17-25)34-27-19-11-12-20-29(27)36(35(28)34)24-14-6-4-7-15-24/h4-23H,1-3H3. The molecule has 0 amide bonds. The molecule has 0 bridgehead atoms. The zero-order valence-electron chi connectivity index (χ0n) is 22.4. The first kappa shape index (κ1) is 22.4. The molecule has 8 rings (SSSR count). The number of aromatic nitrogens is 3. The van der Waals surface area contributed by atoms with Gasteiger partial charge in [-0.05, 0) is 48.5 Å².